The molecule has 1 fully saturated rings. The van der Waals surface area contributed by atoms with Crippen LogP contribution in [-0.4, -0.2) is 39.0 Å². The summed E-state index contributed by atoms with van der Waals surface area (Å²) in [7, 11) is 0. The summed E-state index contributed by atoms with van der Waals surface area (Å²) in [5.74, 6) is 0.0897. The van der Waals surface area contributed by atoms with Crippen molar-refractivity contribution in [3.63, 3.8) is 0 Å². The highest BCUT2D eigenvalue weighted by molar-refractivity contribution is 5.96. The standard InChI is InChI=1S/C17H17N3O4/c18-17-19-12-5-8-1-2-9(14-6-13(22)15(7-21)24-14)3-10(8)4-11(12)16(23)20-17/h1-5,13-15,21-22H,6-7H2,(H3,18,19,20,23)/t13-,14+,15+/m0/s1. The van der Waals surface area contributed by atoms with Gasteiger partial charge in [-0.15, -0.1) is 0 Å². The number of aliphatic hydroxyl groups is 2. The zero-order chi connectivity index (χ0) is 16.8. The second-order valence-corrected chi connectivity index (χ2v) is 6.08. The Morgan fingerprint density at radius 2 is 2.12 bits per heavy atom. The lowest BCUT2D eigenvalue weighted by molar-refractivity contribution is -0.0225. The number of hydrogen-bond donors (Lipinski definition) is 4. The van der Waals surface area contributed by atoms with Crippen molar-refractivity contribution in [2.75, 3.05) is 12.3 Å². The van der Waals surface area contributed by atoms with Crippen LogP contribution in [0.2, 0.25) is 0 Å². The monoisotopic (exact) mass is 327 g/mol. The Balaban J connectivity index is 1.81. The summed E-state index contributed by atoms with van der Waals surface area (Å²) in [5, 5.41) is 21.4. The Morgan fingerprint density at radius 1 is 1.29 bits per heavy atom. The lowest BCUT2D eigenvalue weighted by atomic mass is 10.00. The lowest BCUT2D eigenvalue weighted by Gasteiger charge is -2.13. The van der Waals surface area contributed by atoms with Crippen LogP contribution in [0.25, 0.3) is 21.7 Å². The number of nitrogens with two attached hydrogens (primary N) is 1. The van der Waals surface area contributed by atoms with Gasteiger partial charge >= 0.3 is 0 Å². The summed E-state index contributed by atoms with van der Waals surface area (Å²) < 4.78 is 5.69. The highest BCUT2D eigenvalue weighted by atomic mass is 16.5. The van der Waals surface area contributed by atoms with E-state index in [9.17, 15) is 15.0 Å². The third-order valence-corrected chi connectivity index (χ3v) is 4.48. The van der Waals surface area contributed by atoms with Gasteiger partial charge in [-0.3, -0.25) is 9.78 Å². The number of rotatable bonds is 2. The highest BCUT2D eigenvalue weighted by Crippen LogP contribution is 2.34. The van der Waals surface area contributed by atoms with Crippen molar-refractivity contribution in [2.45, 2.75) is 24.7 Å². The van der Waals surface area contributed by atoms with Crippen molar-refractivity contribution in [1.29, 1.82) is 0 Å². The Morgan fingerprint density at radius 3 is 2.88 bits per heavy atom. The van der Waals surface area contributed by atoms with Crippen LogP contribution in [0.4, 0.5) is 5.95 Å². The molecule has 2 aromatic carbocycles. The molecule has 5 N–H and O–H groups in total. The summed E-state index contributed by atoms with van der Waals surface area (Å²) in [6, 6.07) is 9.37. The average Bonchev–Trinajstić information content (AvgIpc) is 2.94. The van der Waals surface area contributed by atoms with E-state index in [0.29, 0.717) is 17.3 Å². The molecule has 124 valence electrons. The molecule has 3 atom stereocenters. The van der Waals surface area contributed by atoms with Gasteiger partial charge in [0.05, 0.1) is 29.7 Å². The Bertz CT molecular complexity index is 985. The summed E-state index contributed by atoms with van der Waals surface area (Å²) in [4.78, 5) is 18.7. The minimum atomic E-state index is -0.678. The molecule has 1 aliphatic rings. The van der Waals surface area contributed by atoms with E-state index in [0.717, 1.165) is 16.3 Å². The molecule has 0 bridgehead atoms. The molecule has 0 amide bonds. The molecular formula is C17H17N3O4. The number of nitrogens with one attached hydrogen (secondary N) is 1. The topological polar surface area (TPSA) is 121 Å². The summed E-state index contributed by atoms with van der Waals surface area (Å²) in [6.45, 7) is -0.210. The summed E-state index contributed by atoms with van der Waals surface area (Å²) in [5.41, 5.74) is 6.75. The molecule has 0 saturated carbocycles. The fourth-order valence-electron chi connectivity index (χ4n) is 3.23. The predicted octanol–water partition coefficient (Wildman–Crippen LogP) is 0.842. The van der Waals surface area contributed by atoms with Crippen molar-refractivity contribution in [3.8, 4) is 0 Å². The number of anilines is 1. The van der Waals surface area contributed by atoms with Crippen molar-refractivity contribution in [3.05, 3.63) is 46.2 Å². The van der Waals surface area contributed by atoms with Crippen molar-refractivity contribution >= 4 is 27.6 Å². The smallest absolute Gasteiger partial charge is 0.260 e. The number of hydrogen-bond acceptors (Lipinski definition) is 6. The van der Waals surface area contributed by atoms with E-state index in [1.54, 1.807) is 6.07 Å². The maximum absolute atomic E-state index is 12.0. The molecule has 0 aliphatic carbocycles. The molecule has 0 radical (unpaired) electrons. The second-order valence-electron chi connectivity index (χ2n) is 6.08. The van der Waals surface area contributed by atoms with E-state index in [1.165, 1.54) is 0 Å². The SMILES string of the molecule is Nc1nc2cc3ccc([C@H]4C[C@H](O)[C@@H](CO)O4)cc3cc2c(=O)[nH]1. The number of nitrogens with zero attached hydrogens (tertiary/aromatic N) is 1. The predicted molar refractivity (Wildman–Crippen MR) is 89.6 cm³/mol. The van der Waals surface area contributed by atoms with Gasteiger partial charge in [-0.2, -0.15) is 0 Å². The van der Waals surface area contributed by atoms with Gasteiger partial charge in [0.1, 0.15) is 6.10 Å². The Hall–Kier alpha value is -2.48. The van der Waals surface area contributed by atoms with Gasteiger partial charge in [-0.25, -0.2) is 4.98 Å². The van der Waals surface area contributed by atoms with Gasteiger partial charge in [0.2, 0.25) is 5.95 Å². The van der Waals surface area contributed by atoms with E-state index < -0.39 is 12.2 Å². The number of nitrogen functional groups attached to an aromatic ring is 1. The summed E-state index contributed by atoms with van der Waals surface area (Å²) in [6.07, 6.45) is -1.08. The normalized spacial score (nSPS) is 24.0. The maximum atomic E-state index is 12.0. The summed E-state index contributed by atoms with van der Waals surface area (Å²) >= 11 is 0. The van der Waals surface area contributed by atoms with Gasteiger partial charge in [0.25, 0.3) is 5.56 Å². The molecule has 7 nitrogen and oxygen atoms in total. The average molecular weight is 327 g/mol. The van der Waals surface area contributed by atoms with Crippen LogP contribution in [0.3, 0.4) is 0 Å². The number of ether oxygens (including phenoxy) is 1. The first kappa shape index (κ1) is 15.1. The zero-order valence-electron chi connectivity index (χ0n) is 12.8. The molecule has 1 saturated heterocycles. The highest BCUT2D eigenvalue weighted by Gasteiger charge is 2.34. The van der Waals surface area contributed by atoms with E-state index in [4.69, 9.17) is 10.5 Å². The van der Waals surface area contributed by atoms with E-state index in [1.807, 2.05) is 24.3 Å². The van der Waals surface area contributed by atoms with Crippen LogP contribution in [0, 0.1) is 0 Å². The number of H-pyrrole nitrogens is 1. The first-order valence-electron chi connectivity index (χ1n) is 7.73. The molecule has 0 spiro atoms. The minimum absolute atomic E-state index is 0.0897. The number of fused-ring (bicyclic) bond motifs is 2. The van der Waals surface area contributed by atoms with Crippen LogP contribution in [0.15, 0.2) is 35.1 Å². The van der Waals surface area contributed by atoms with Gasteiger partial charge in [-0.1, -0.05) is 12.1 Å². The molecule has 7 heteroatoms. The number of aliphatic hydroxyl groups excluding tert-OH is 2. The van der Waals surface area contributed by atoms with Gasteiger partial charge in [0, 0.05) is 6.42 Å². The zero-order valence-corrected chi connectivity index (χ0v) is 12.8. The molecule has 2 heterocycles. The van der Waals surface area contributed by atoms with Gasteiger partial charge in [0.15, 0.2) is 0 Å². The van der Waals surface area contributed by atoms with Crippen molar-refractivity contribution in [2.24, 2.45) is 0 Å². The third kappa shape index (κ3) is 2.43. The van der Waals surface area contributed by atoms with Crippen LogP contribution in [0.5, 0.6) is 0 Å². The first-order valence-corrected chi connectivity index (χ1v) is 7.73. The minimum Gasteiger partial charge on any atom is -0.394 e. The molecule has 1 aliphatic heterocycles. The van der Waals surface area contributed by atoms with Crippen LogP contribution in [0.1, 0.15) is 18.1 Å². The molecule has 4 rings (SSSR count). The first-order chi connectivity index (χ1) is 11.5. The van der Waals surface area contributed by atoms with Gasteiger partial charge in [-0.05, 0) is 34.5 Å². The molecule has 3 aromatic rings. The molecule has 1 aromatic heterocycles. The molecule has 24 heavy (non-hydrogen) atoms. The fraction of sp³-hybridized carbons (Fsp3) is 0.294. The largest absolute Gasteiger partial charge is 0.394 e. The maximum Gasteiger partial charge on any atom is 0.260 e. The number of benzene rings is 2. The lowest BCUT2D eigenvalue weighted by Crippen LogP contribution is -2.24. The van der Waals surface area contributed by atoms with E-state index in [2.05, 4.69) is 9.97 Å². The second kappa shape index (κ2) is 5.55. The van der Waals surface area contributed by atoms with Gasteiger partial charge < -0.3 is 20.7 Å². The fourth-order valence-corrected chi connectivity index (χ4v) is 3.23. The van der Waals surface area contributed by atoms with Crippen LogP contribution in [-0.2, 0) is 4.74 Å². The van der Waals surface area contributed by atoms with E-state index in [-0.39, 0.29) is 24.2 Å². The Kier molecular flexibility index (Phi) is 3.49. The molecule has 0 unspecified atom stereocenters. The third-order valence-electron chi connectivity index (χ3n) is 4.48. The molecular weight excluding hydrogens is 310 g/mol. The van der Waals surface area contributed by atoms with Crippen molar-refractivity contribution < 1.29 is 14.9 Å². The van der Waals surface area contributed by atoms with Crippen LogP contribution < -0.4 is 11.3 Å². The van der Waals surface area contributed by atoms with Crippen molar-refractivity contribution in [1.82, 2.24) is 9.97 Å². The Labute approximate surface area is 136 Å². The number of aromatic nitrogens is 2. The van der Waals surface area contributed by atoms with E-state index >= 15 is 0 Å². The van der Waals surface area contributed by atoms with Crippen LogP contribution >= 0.6 is 0 Å². The quantitative estimate of drug-likeness (QED) is 0.518. The number of aromatic amines is 1.